The first-order valence-electron chi connectivity index (χ1n) is 3.38. The molecule has 1 aromatic rings. The molecule has 0 unspecified atom stereocenters. The quantitative estimate of drug-likeness (QED) is 0.619. The fourth-order valence-corrected chi connectivity index (χ4v) is 0.926. The summed E-state index contributed by atoms with van der Waals surface area (Å²) >= 11 is 5.43. The van der Waals surface area contributed by atoms with E-state index in [0.717, 1.165) is 0 Å². The second-order valence-corrected chi connectivity index (χ2v) is 2.68. The van der Waals surface area contributed by atoms with Crippen LogP contribution in [0.1, 0.15) is 5.56 Å². The van der Waals surface area contributed by atoms with Crippen molar-refractivity contribution >= 4 is 23.7 Å². The molecule has 1 amide bonds. The van der Waals surface area contributed by atoms with Crippen LogP contribution in [0.15, 0.2) is 12.3 Å². The molecule has 7 heteroatoms. The number of anilines is 1. The molecule has 0 bridgehead atoms. The second kappa shape index (κ2) is 3.83. The average molecular weight is 225 g/mol. The molecule has 0 atom stereocenters. The number of rotatable bonds is 2. The first kappa shape index (κ1) is 10.8. The summed E-state index contributed by atoms with van der Waals surface area (Å²) in [5.74, 6) is 0. The Balaban J connectivity index is 3.12. The Bertz CT molecular complexity index is 353. The Labute approximate surface area is 81.9 Å². The Morgan fingerprint density at radius 3 is 2.64 bits per heavy atom. The van der Waals surface area contributed by atoms with Crippen molar-refractivity contribution in [2.45, 2.75) is 6.18 Å². The van der Waals surface area contributed by atoms with Gasteiger partial charge in [-0.25, -0.2) is 4.98 Å². The zero-order valence-electron chi connectivity index (χ0n) is 6.60. The molecule has 0 aliphatic heterocycles. The van der Waals surface area contributed by atoms with Crippen LogP contribution in [0.3, 0.4) is 0 Å². The van der Waals surface area contributed by atoms with Crippen molar-refractivity contribution in [3.8, 4) is 0 Å². The number of nitrogens with one attached hydrogen (secondary N) is 1. The summed E-state index contributed by atoms with van der Waals surface area (Å²) in [6.45, 7) is 0. The van der Waals surface area contributed by atoms with Gasteiger partial charge in [-0.3, -0.25) is 4.79 Å². The van der Waals surface area contributed by atoms with E-state index in [1.165, 1.54) is 0 Å². The van der Waals surface area contributed by atoms with Crippen molar-refractivity contribution in [2.24, 2.45) is 0 Å². The highest BCUT2D eigenvalue weighted by Crippen LogP contribution is 2.32. The predicted octanol–water partition coefficient (Wildman–Crippen LogP) is 2.32. The van der Waals surface area contributed by atoms with E-state index in [1.54, 1.807) is 0 Å². The van der Waals surface area contributed by atoms with Gasteiger partial charge in [0.25, 0.3) is 0 Å². The number of pyridine rings is 1. The molecule has 76 valence electrons. The molecule has 14 heavy (non-hydrogen) atoms. The highest BCUT2D eigenvalue weighted by Gasteiger charge is 2.31. The molecule has 0 aliphatic carbocycles. The van der Waals surface area contributed by atoms with Gasteiger partial charge >= 0.3 is 6.18 Å². The molecule has 0 saturated carbocycles. The molecular formula is C7H4ClF3N2O. The van der Waals surface area contributed by atoms with Gasteiger partial charge in [-0.05, 0) is 6.07 Å². The fraction of sp³-hybridized carbons (Fsp3) is 0.143. The van der Waals surface area contributed by atoms with Crippen LogP contribution in [0.5, 0.6) is 0 Å². The summed E-state index contributed by atoms with van der Waals surface area (Å²) in [5, 5.41) is 1.82. The van der Waals surface area contributed by atoms with Gasteiger partial charge in [0.2, 0.25) is 6.41 Å². The lowest BCUT2D eigenvalue weighted by Gasteiger charge is -2.08. The number of hydrogen-bond acceptors (Lipinski definition) is 2. The zero-order chi connectivity index (χ0) is 10.8. The van der Waals surface area contributed by atoms with Crippen LogP contribution in [-0.4, -0.2) is 11.4 Å². The maximum atomic E-state index is 12.1. The minimum Gasteiger partial charge on any atom is -0.326 e. The Morgan fingerprint density at radius 1 is 1.50 bits per heavy atom. The molecule has 0 aromatic carbocycles. The van der Waals surface area contributed by atoms with Crippen molar-refractivity contribution in [1.29, 1.82) is 0 Å². The Morgan fingerprint density at radius 2 is 2.14 bits per heavy atom. The van der Waals surface area contributed by atoms with Crippen LogP contribution in [0, 0.1) is 0 Å². The molecule has 0 radical (unpaired) electrons. The average Bonchev–Trinajstić information content (AvgIpc) is 2.07. The van der Waals surface area contributed by atoms with Crippen molar-refractivity contribution in [2.75, 3.05) is 5.32 Å². The number of nitrogens with zero attached hydrogens (tertiary/aromatic N) is 1. The van der Waals surface area contributed by atoms with E-state index >= 15 is 0 Å². The number of carbonyl (C=O) groups is 1. The molecular weight excluding hydrogens is 221 g/mol. The van der Waals surface area contributed by atoms with E-state index < -0.39 is 11.7 Å². The fourth-order valence-electron chi connectivity index (χ4n) is 0.768. The van der Waals surface area contributed by atoms with Crippen LogP contribution in [0.25, 0.3) is 0 Å². The highest BCUT2D eigenvalue weighted by molar-refractivity contribution is 6.32. The maximum Gasteiger partial charge on any atom is 0.417 e. The normalized spacial score (nSPS) is 11.1. The highest BCUT2D eigenvalue weighted by atomic mass is 35.5. The molecule has 0 spiro atoms. The number of halogens is 4. The predicted molar refractivity (Wildman–Crippen MR) is 43.9 cm³/mol. The van der Waals surface area contributed by atoms with E-state index in [9.17, 15) is 18.0 Å². The minimum atomic E-state index is -4.50. The maximum absolute atomic E-state index is 12.1. The lowest BCUT2D eigenvalue weighted by Crippen LogP contribution is -2.07. The van der Waals surface area contributed by atoms with Crippen molar-refractivity contribution in [3.05, 3.63) is 23.0 Å². The summed E-state index contributed by atoms with van der Waals surface area (Å²) < 4.78 is 36.4. The van der Waals surface area contributed by atoms with Crippen LogP contribution in [0.2, 0.25) is 5.15 Å². The van der Waals surface area contributed by atoms with E-state index in [-0.39, 0.29) is 17.3 Å². The van der Waals surface area contributed by atoms with E-state index in [4.69, 9.17) is 11.6 Å². The van der Waals surface area contributed by atoms with Crippen molar-refractivity contribution in [1.82, 2.24) is 4.98 Å². The lowest BCUT2D eigenvalue weighted by molar-refractivity contribution is -0.137. The number of carbonyl (C=O) groups excluding carboxylic acids is 1. The summed E-state index contributed by atoms with van der Waals surface area (Å²) in [7, 11) is 0. The van der Waals surface area contributed by atoms with Gasteiger partial charge in [-0.15, -0.1) is 0 Å². The second-order valence-electron chi connectivity index (χ2n) is 2.32. The molecule has 3 nitrogen and oxygen atoms in total. The largest absolute Gasteiger partial charge is 0.417 e. The van der Waals surface area contributed by atoms with Gasteiger partial charge in [0, 0.05) is 6.20 Å². The van der Waals surface area contributed by atoms with Gasteiger partial charge < -0.3 is 5.32 Å². The van der Waals surface area contributed by atoms with Crippen LogP contribution in [0.4, 0.5) is 18.9 Å². The molecule has 1 rings (SSSR count). The van der Waals surface area contributed by atoms with Crippen molar-refractivity contribution in [3.63, 3.8) is 0 Å². The van der Waals surface area contributed by atoms with E-state index in [2.05, 4.69) is 4.98 Å². The molecule has 0 fully saturated rings. The Kier molecular flexibility index (Phi) is 2.95. The number of amides is 1. The summed E-state index contributed by atoms with van der Waals surface area (Å²) in [6, 6.07) is 0.712. The summed E-state index contributed by atoms with van der Waals surface area (Å²) in [5.41, 5.74) is -1.14. The van der Waals surface area contributed by atoms with Crippen LogP contribution < -0.4 is 5.32 Å². The number of alkyl halides is 3. The van der Waals surface area contributed by atoms with E-state index in [1.807, 2.05) is 5.32 Å². The topological polar surface area (TPSA) is 42.0 Å². The smallest absolute Gasteiger partial charge is 0.326 e. The van der Waals surface area contributed by atoms with Gasteiger partial charge in [-0.2, -0.15) is 13.2 Å². The Hall–Kier alpha value is -1.30. The minimum absolute atomic E-state index is 0.170. The van der Waals surface area contributed by atoms with Gasteiger partial charge in [0.15, 0.2) is 5.15 Å². The van der Waals surface area contributed by atoms with E-state index in [0.29, 0.717) is 12.3 Å². The van der Waals surface area contributed by atoms with Crippen molar-refractivity contribution < 1.29 is 18.0 Å². The third-order valence-electron chi connectivity index (χ3n) is 1.38. The first-order chi connectivity index (χ1) is 6.45. The lowest BCUT2D eigenvalue weighted by atomic mass is 10.2. The first-order valence-corrected chi connectivity index (χ1v) is 3.76. The van der Waals surface area contributed by atoms with Crippen LogP contribution >= 0.6 is 11.6 Å². The summed E-state index contributed by atoms with van der Waals surface area (Å²) in [4.78, 5) is 13.3. The molecule has 0 aliphatic rings. The number of aromatic nitrogens is 1. The molecule has 1 heterocycles. The van der Waals surface area contributed by atoms with Gasteiger partial charge in [-0.1, -0.05) is 11.6 Å². The molecule has 1 N–H and O–H groups in total. The standard InChI is InChI=1S/C7H4ClF3N2O/c8-6-5(13-3-14)1-4(2-12-6)7(9,10)11/h1-3H,(H,13,14). The zero-order valence-corrected chi connectivity index (χ0v) is 7.36. The summed E-state index contributed by atoms with van der Waals surface area (Å²) in [6.07, 6.45) is -3.68. The monoisotopic (exact) mass is 224 g/mol. The van der Waals surface area contributed by atoms with Gasteiger partial charge in [0.1, 0.15) is 0 Å². The van der Waals surface area contributed by atoms with Crippen LogP contribution in [-0.2, 0) is 11.0 Å². The number of hydrogen-bond donors (Lipinski definition) is 1. The third kappa shape index (κ3) is 2.35. The molecule has 0 saturated heterocycles. The van der Waals surface area contributed by atoms with Gasteiger partial charge in [0.05, 0.1) is 11.3 Å². The SMILES string of the molecule is O=CNc1cc(C(F)(F)F)cnc1Cl. The molecule has 1 aromatic heterocycles. The third-order valence-corrected chi connectivity index (χ3v) is 1.68.